The van der Waals surface area contributed by atoms with E-state index in [1.165, 1.54) is 18.2 Å². The molecule has 0 fully saturated rings. The van der Waals surface area contributed by atoms with Gasteiger partial charge in [-0.2, -0.15) is 0 Å². The van der Waals surface area contributed by atoms with Crippen LogP contribution in [-0.4, -0.2) is 11.1 Å². The summed E-state index contributed by atoms with van der Waals surface area (Å²) in [6.07, 6.45) is 0. The third-order valence-electron chi connectivity index (χ3n) is 1.43. The van der Waals surface area contributed by atoms with Crippen molar-refractivity contribution in [1.82, 2.24) is 0 Å². The molecule has 1 aromatic rings. The number of aromatic carboxylic acids is 1. The van der Waals surface area contributed by atoms with Crippen LogP contribution in [0.5, 0.6) is 5.75 Å². The van der Waals surface area contributed by atoms with Crippen LogP contribution in [-0.2, 0) is 0 Å². The van der Waals surface area contributed by atoms with Crippen molar-refractivity contribution >= 4 is 5.97 Å². The summed E-state index contributed by atoms with van der Waals surface area (Å²) >= 11 is 0. The Hall–Kier alpha value is -0.510. The fourth-order valence-corrected chi connectivity index (χ4v) is 0.782. The van der Waals surface area contributed by atoms with E-state index in [4.69, 9.17) is 5.11 Å². The standard InChI is InChI=1S/C8H8O3.Na/c1-5-4-6(8(10)11)2-3-7(5)9;/h2-4,9H,1H3,(H,10,11);/q;+1/p-1. The normalized spacial score (nSPS) is 8.75. The zero-order chi connectivity index (χ0) is 8.43. The summed E-state index contributed by atoms with van der Waals surface area (Å²) in [7, 11) is 0. The van der Waals surface area contributed by atoms with Gasteiger partial charge in [0.15, 0.2) is 0 Å². The first kappa shape index (κ1) is 11.5. The van der Waals surface area contributed by atoms with Crippen LogP contribution in [0.15, 0.2) is 18.2 Å². The topological polar surface area (TPSA) is 60.4 Å². The number of hydrogen-bond donors (Lipinski definition) is 1. The first-order valence-corrected chi connectivity index (χ1v) is 3.12. The van der Waals surface area contributed by atoms with E-state index in [0.717, 1.165) is 0 Å². The van der Waals surface area contributed by atoms with Gasteiger partial charge in [-0.3, -0.25) is 0 Å². The van der Waals surface area contributed by atoms with Gasteiger partial charge in [0.2, 0.25) is 0 Å². The molecule has 0 saturated carbocycles. The van der Waals surface area contributed by atoms with Crippen molar-refractivity contribution in [1.29, 1.82) is 0 Å². The summed E-state index contributed by atoms with van der Waals surface area (Å²) in [6.45, 7) is 1.63. The molecule has 0 spiro atoms. The van der Waals surface area contributed by atoms with E-state index in [1.54, 1.807) is 6.92 Å². The molecule has 0 radical (unpaired) electrons. The molecule has 0 saturated heterocycles. The summed E-state index contributed by atoms with van der Waals surface area (Å²) in [6, 6.07) is 4.00. The Bertz CT molecular complexity index is 296. The SMILES string of the molecule is Cc1cc(C(=O)[O-])ccc1O.[Na+]. The number of phenolic OH excluding ortho intramolecular Hbond substituents is 1. The average Bonchev–Trinajstić information content (AvgIpc) is 1.94. The van der Waals surface area contributed by atoms with Crippen molar-refractivity contribution in [2.45, 2.75) is 6.92 Å². The molecule has 0 aromatic heterocycles. The van der Waals surface area contributed by atoms with Crippen LogP contribution < -0.4 is 34.7 Å². The number of aryl methyl sites for hydroxylation is 1. The number of carbonyl (C=O) groups excluding carboxylic acids is 1. The van der Waals surface area contributed by atoms with Crippen molar-refractivity contribution in [2.24, 2.45) is 0 Å². The number of benzene rings is 1. The smallest absolute Gasteiger partial charge is 0.545 e. The molecule has 3 nitrogen and oxygen atoms in total. The van der Waals surface area contributed by atoms with Gasteiger partial charge in [0.05, 0.1) is 5.97 Å². The maximum absolute atomic E-state index is 10.3. The monoisotopic (exact) mass is 174 g/mol. The van der Waals surface area contributed by atoms with Gasteiger partial charge in [0.1, 0.15) is 5.75 Å². The van der Waals surface area contributed by atoms with Crippen LogP contribution in [0.1, 0.15) is 15.9 Å². The van der Waals surface area contributed by atoms with Crippen molar-refractivity contribution in [3.8, 4) is 5.75 Å². The molecule has 0 bridgehead atoms. The van der Waals surface area contributed by atoms with Gasteiger partial charge in [-0.05, 0) is 36.2 Å². The van der Waals surface area contributed by atoms with E-state index in [2.05, 4.69) is 0 Å². The second-order valence-electron chi connectivity index (χ2n) is 2.29. The van der Waals surface area contributed by atoms with Crippen LogP contribution in [0, 0.1) is 6.92 Å². The van der Waals surface area contributed by atoms with Crippen LogP contribution in [0.2, 0.25) is 0 Å². The number of carboxylic acid groups (broad SMARTS) is 1. The first-order valence-electron chi connectivity index (χ1n) is 3.12. The van der Waals surface area contributed by atoms with Gasteiger partial charge in [-0.25, -0.2) is 0 Å². The third kappa shape index (κ3) is 2.52. The Morgan fingerprint density at radius 2 is 2.08 bits per heavy atom. The number of rotatable bonds is 1. The molecule has 0 aliphatic rings. The fraction of sp³-hybridized carbons (Fsp3) is 0.125. The first-order chi connectivity index (χ1) is 5.11. The van der Waals surface area contributed by atoms with Crippen molar-refractivity contribution in [3.05, 3.63) is 29.3 Å². The van der Waals surface area contributed by atoms with Crippen molar-refractivity contribution < 1.29 is 44.6 Å². The molecular formula is C8H7NaO3. The molecule has 0 amide bonds. The number of carboxylic acids is 1. The quantitative estimate of drug-likeness (QED) is 0.464. The molecule has 4 heteroatoms. The Morgan fingerprint density at radius 3 is 2.50 bits per heavy atom. The van der Waals surface area contributed by atoms with Crippen LogP contribution in [0.25, 0.3) is 0 Å². The zero-order valence-electron chi connectivity index (χ0n) is 7.00. The fourth-order valence-electron chi connectivity index (χ4n) is 0.782. The second-order valence-corrected chi connectivity index (χ2v) is 2.29. The molecule has 0 atom stereocenters. The maximum atomic E-state index is 10.3. The Morgan fingerprint density at radius 1 is 1.50 bits per heavy atom. The molecule has 1 N–H and O–H groups in total. The summed E-state index contributed by atoms with van der Waals surface area (Å²) in [5.74, 6) is -1.14. The molecule has 0 heterocycles. The average molecular weight is 174 g/mol. The number of carbonyl (C=O) groups is 1. The summed E-state index contributed by atoms with van der Waals surface area (Å²) in [5, 5.41) is 19.3. The maximum Gasteiger partial charge on any atom is 1.00 e. The molecule has 12 heavy (non-hydrogen) atoms. The minimum absolute atomic E-state index is 0. The van der Waals surface area contributed by atoms with Gasteiger partial charge in [0.25, 0.3) is 0 Å². The van der Waals surface area contributed by atoms with Gasteiger partial charge >= 0.3 is 29.6 Å². The molecule has 1 aromatic carbocycles. The van der Waals surface area contributed by atoms with E-state index in [1.807, 2.05) is 0 Å². The van der Waals surface area contributed by atoms with Crippen molar-refractivity contribution in [3.63, 3.8) is 0 Å². The summed E-state index contributed by atoms with van der Waals surface area (Å²) in [5.41, 5.74) is 0.618. The molecule has 1 rings (SSSR count). The van der Waals surface area contributed by atoms with Gasteiger partial charge < -0.3 is 15.0 Å². The second kappa shape index (κ2) is 4.50. The largest absolute Gasteiger partial charge is 1.00 e. The van der Waals surface area contributed by atoms with Crippen LogP contribution >= 0.6 is 0 Å². The molecule has 0 aliphatic heterocycles. The van der Waals surface area contributed by atoms with Gasteiger partial charge in [0, 0.05) is 0 Å². The Labute approximate surface area is 92.3 Å². The predicted octanol–water partition coefficient (Wildman–Crippen LogP) is -2.93. The molecule has 0 unspecified atom stereocenters. The van der Waals surface area contributed by atoms with Gasteiger partial charge in [-0.1, -0.05) is 0 Å². The minimum atomic E-state index is -1.23. The summed E-state index contributed by atoms with van der Waals surface area (Å²) in [4.78, 5) is 10.3. The molecular weight excluding hydrogens is 167 g/mol. The minimum Gasteiger partial charge on any atom is -0.545 e. The third-order valence-corrected chi connectivity index (χ3v) is 1.43. The van der Waals surface area contributed by atoms with E-state index in [-0.39, 0.29) is 40.9 Å². The van der Waals surface area contributed by atoms with E-state index < -0.39 is 5.97 Å². The van der Waals surface area contributed by atoms with Gasteiger partial charge in [-0.15, -0.1) is 0 Å². The zero-order valence-corrected chi connectivity index (χ0v) is 9.00. The Kier molecular flexibility index (Phi) is 4.31. The van der Waals surface area contributed by atoms with Crippen LogP contribution in [0.4, 0.5) is 0 Å². The van der Waals surface area contributed by atoms with E-state index >= 15 is 0 Å². The van der Waals surface area contributed by atoms with Crippen molar-refractivity contribution in [2.75, 3.05) is 0 Å². The Balaban J connectivity index is 0.00000121. The van der Waals surface area contributed by atoms with E-state index in [0.29, 0.717) is 5.56 Å². The molecule has 58 valence electrons. The summed E-state index contributed by atoms with van der Waals surface area (Å²) < 4.78 is 0. The number of aromatic hydroxyl groups is 1. The predicted molar refractivity (Wildman–Crippen MR) is 37.2 cm³/mol. The number of hydrogen-bond acceptors (Lipinski definition) is 3. The van der Waals surface area contributed by atoms with E-state index in [9.17, 15) is 9.90 Å². The number of phenols is 1. The van der Waals surface area contributed by atoms with Crippen LogP contribution in [0.3, 0.4) is 0 Å². The molecule has 0 aliphatic carbocycles.